The fourth-order valence-corrected chi connectivity index (χ4v) is 3.26. The molecule has 5 nitrogen and oxygen atoms in total. The summed E-state index contributed by atoms with van der Waals surface area (Å²) in [6.45, 7) is 0. The van der Waals surface area contributed by atoms with E-state index >= 15 is 0 Å². The number of benzene rings is 1. The maximum atomic E-state index is 12.4. The van der Waals surface area contributed by atoms with Crippen LogP contribution < -0.4 is 0 Å². The summed E-state index contributed by atoms with van der Waals surface area (Å²) >= 11 is 3.88. The topological polar surface area (TPSA) is 63.7 Å². The molecular formula is C16H17NO4S. The molecule has 1 aromatic rings. The first-order valence-electron chi connectivity index (χ1n) is 7.39. The predicted molar refractivity (Wildman–Crippen MR) is 82.9 cm³/mol. The molecule has 0 bridgehead atoms. The molecule has 2 aliphatic rings. The van der Waals surface area contributed by atoms with E-state index < -0.39 is 0 Å². The van der Waals surface area contributed by atoms with Crippen LogP contribution in [-0.4, -0.2) is 40.6 Å². The lowest BCUT2D eigenvalue weighted by molar-refractivity contribution is -0.147. The predicted octanol–water partition coefficient (Wildman–Crippen LogP) is 2.07. The van der Waals surface area contributed by atoms with Crippen LogP contribution in [0.2, 0.25) is 0 Å². The van der Waals surface area contributed by atoms with Gasteiger partial charge < -0.3 is 4.74 Å². The van der Waals surface area contributed by atoms with Crippen molar-refractivity contribution in [1.82, 2.24) is 4.90 Å². The third-order valence-electron chi connectivity index (χ3n) is 4.26. The van der Waals surface area contributed by atoms with Gasteiger partial charge in [0, 0.05) is 6.04 Å². The van der Waals surface area contributed by atoms with Crippen molar-refractivity contribution < 1.29 is 19.1 Å². The fraction of sp³-hybridized carbons (Fsp3) is 0.438. The van der Waals surface area contributed by atoms with E-state index in [1.165, 1.54) is 4.90 Å². The molecule has 0 aromatic heterocycles. The van der Waals surface area contributed by atoms with Gasteiger partial charge in [-0.1, -0.05) is 12.1 Å². The van der Waals surface area contributed by atoms with Crippen LogP contribution in [0.4, 0.5) is 0 Å². The summed E-state index contributed by atoms with van der Waals surface area (Å²) in [6.07, 6.45) is 2.52. The lowest BCUT2D eigenvalue weighted by atomic mass is 9.92. The number of hydrogen-bond donors (Lipinski definition) is 1. The second kappa shape index (κ2) is 6.12. The smallest absolute Gasteiger partial charge is 0.315 e. The van der Waals surface area contributed by atoms with Crippen molar-refractivity contribution in [3.8, 4) is 0 Å². The number of ether oxygens (including phenoxy) is 1. The summed E-state index contributed by atoms with van der Waals surface area (Å²) in [4.78, 5) is 37.5. The molecule has 3 rings (SSSR count). The van der Waals surface area contributed by atoms with Crippen LogP contribution in [0, 0.1) is 0 Å². The third kappa shape index (κ3) is 2.63. The summed E-state index contributed by atoms with van der Waals surface area (Å²) in [7, 11) is 0. The zero-order valence-corrected chi connectivity index (χ0v) is 12.9. The zero-order valence-electron chi connectivity index (χ0n) is 12.0. The molecule has 116 valence electrons. The Bertz CT molecular complexity index is 587. The van der Waals surface area contributed by atoms with Crippen molar-refractivity contribution in [3.63, 3.8) is 0 Å². The molecule has 1 aromatic carbocycles. The Balaban J connectivity index is 1.67. The standard InChI is InChI=1S/C16H17NO4S/c18-14(9-22)21-11-7-5-10(6-8-11)17-15(19)12-3-1-2-4-13(12)16(17)20/h1-4,10-11,22H,5-9H2. The average molecular weight is 319 g/mol. The SMILES string of the molecule is O=C(CS)OC1CCC(N2C(=O)c3ccccc3C2=O)CC1. The first-order chi connectivity index (χ1) is 10.6. The van der Waals surface area contributed by atoms with Gasteiger partial charge in [-0.05, 0) is 37.8 Å². The monoisotopic (exact) mass is 319 g/mol. The van der Waals surface area contributed by atoms with Crippen molar-refractivity contribution >= 4 is 30.4 Å². The van der Waals surface area contributed by atoms with Crippen molar-refractivity contribution in [2.24, 2.45) is 0 Å². The van der Waals surface area contributed by atoms with Gasteiger partial charge in [0.25, 0.3) is 11.8 Å². The normalized spacial score (nSPS) is 24.3. The Morgan fingerprint density at radius 3 is 2.14 bits per heavy atom. The Kier molecular flexibility index (Phi) is 4.20. The van der Waals surface area contributed by atoms with E-state index in [0.29, 0.717) is 36.8 Å². The highest BCUT2D eigenvalue weighted by atomic mass is 32.1. The molecule has 1 heterocycles. The highest BCUT2D eigenvalue weighted by Crippen LogP contribution is 2.31. The fourth-order valence-electron chi connectivity index (χ4n) is 3.18. The minimum absolute atomic E-state index is 0.0678. The minimum atomic E-state index is -0.326. The zero-order chi connectivity index (χ0) is 15.7. The van der Waals surface area contributed by atoms with Gasteiger partial charge >= 0.3 is 5.97 Å². The number of carbonyl (C=O) groups excluding carboxylic acids is 3. The van der Waals surface area contributed by atoms with Gasteiger partial charge in [0.2, 0.25) is 0 Å². The minimum Gasteiger partial charge on any atom is -0.462 e. The second-order valence-corrected chi connectivity index (χ2v) is 5.92. The summed E-state index contributed by atoms with van der Waals surface area (Å²) in [6, 6.07) is 6.80. The molecule has 0 unspecified atom stereocenters. The van der Waals surface area contributed by atoms with Crippen molar-refractivity contribution in [1.29, 1.82) is 0 Å². The van der Waals surface area contributed by atoms with E-state index in [1.807, 2.05) is 0 Å². The number of esters is 1. The molecule has 0 saturated heterocycles. The van der Waals surface area contributed by atoms with Gasteiger partial charge in [0.05, 0.1) is 16.9 Å². The molecule has 1 saturated carbocycles. The second-order valence-electron chi connectivity index (χ2n) is 5.60. The molecule has 0 radical (unpaired) electrons. The Labute approximate surface area is 134 Å². The Morgan fingerprint density at radius 1 is 1.09 bits per heavy atom. The molecule has 2 amide bonds. The van der Waals surface area contributed by atoms with E-state index in [9.17, 15) is 14.4 Å². The molecule has 1 aliphatic heterocycles. The van der Waals surface area contributed by atoms with Gasteiger partial charge in [-0.2, -0.15) is 12.6 Å². The van der Waals surface area contributed by atoms with Crippen LogP contribution in [0.15, 0.2) is 24.3 Å². The maximum Gasteiger partial charge on any atom is 0.315 e. The highest BCUT2D eigenvalue weighted by molar-refractivity contribution is 7.81. The van der Waals surface area contributed by atoms with Crippen LogP contribution in [0.1, 0.15) is 46.4 Å². The molecule has 0 N–H and O–H groups in total. The summed E-state index contributed by atoms with van der Waals surface area (Å²) < 4.78 is 5.26. The van der Waals surface area contributed by atoms with Crippen LogP contribution in [0.3, 0.4) is 0 Å². The number of imide groups is 1. The number of carbonyl (C=O) groups is 3. The number of hydrogen-bond acceptors (Lipinski definition) is 5. The summed E-state index contributed by atoms with van der Waals surface area (Å²) in [5.74, 6) is -0.682. The average Bonchev–Trinajstić information content (AvgIpc) is 2.80. The molecule has 1 aliphatic carbocycles. The lowest BCUT2D eigenvalue weighted by Gasteiger charge is -2.33. The van der Waals surface area contributed by atoms with Gasteiger partial charge in [-0.15, -0.1) is 0 Å². The highest BCUT2D eigenvalue weighted by Gasteiger charge is 2.41. The molecule has 22 heavy (non-hydrogen) atoms. The Morgan fingerprint density at radius 2 is 1.64 bits per heavy atom. The van der Waals surface area contributed by atoms with Crippen molar-refractivity contribution in [3.05, 3.63) is 35.4 Å². The molecule has 0 spiro atoms. The molecular weight excluding hydrogens is 302 g/mol. The number of rotatable bonds is 3. The van der Waals surface area contributed by atoms with Crippen LogP contribution in [-0.2, 0) is 9.53 Å². The van der Waals surface area contributed by atoms with Gasteiger partial charge in [0.1, 0.15) is 6.10 Å². The summed E-state index contributed by atoms with van der Waals surface area (Å²) in [5.41, 5.74) is 0.965. The van der Waals surface area contributed by atoms with Gasteiger partial charge in [-0.25, -0.2) is 0 Å². The quantitative estimate of drug-likeness (QED) is 0.526. The Hall–Kier alpha value is -1.82. The summed E-state index contributed by atoms with van der Waals surface area (Å²) in [5, 5.41) is 0. The van der Waals surface area contributed by atoms with E-state index in [4.69, 9.17) is 4.74 Å². The van der Waals surface area contributed by atoms with Crippen LogP contribution in [0.25, 0.3) is 0 Å². The van der Waals surface area contributed by atoms with Gasteiger partial charge in [0.15, 0.2) is 0 Å². The maximum absolute atomic E-state index is 12.4. The van der Waals surface area contributed by atoms with E-state index in [2.05, 4.69) is 12.6 Å². The largest absolute Gasteiger partial charge is 0.462 e. The van der Waals surface area contributed by atoms with Crippen molar-refractivity contribution in [2.75, 3.05) is 5.75 Å². The number of nitrogens with zero attached hydrogens (tertiary/aromatic N) is 1. The third-order valence-corrected chi connectivity index (χ3v) is 4.52. The van der Waals surface area contributed by atoms with Crippen LogP contribution in [0.5, 0.6) is 0 Å². The van der Waals surface area contributed by atoms with Crippen LogP contribution >= 0.6 is 12.6 Å². The van der Waals surface area contributed by atoms with E-state index in [0.717, 1.165) is 0 Å². The number of thiol groups is 1. The first-order valence-corrected chi connectivity index (χ1v) is 8.02. The van der Waals surface area contributed by atoms with Crippen molar-refractivity contribution in [2.45, 2.75) is 37.8 Å². The van der Waals surface area contributed by atoms with E-state index in [-0.39, 0.29) is 35.7 Å². The van der Waals surface area contributed by atoms with Gasteiger partial charge in [-0.3, -0.25) is 19.3 Å². The number of fused-ring (bicyclic) bond motifs is 1. The number of amides is 2. The first kappa shape index (κ1) is 15.1. The lowest BCUT2D eigenvalue weighted by Crippen LogP contribution is -2.43. The van der Waals surface area contributed by atoms with E-state index in [1.54, 1.807) is 24.3 Å². The molecule has 1 fully saturated rings. The molecule has 0 atom stereocenters. The molecule has 6 heteroatoms.